The van der Waals surface area contributed by atoms with Gasteiger partial charge in [-0.3, -0.25) is 4.99 Å². The molecule has 0 spiro atoms. The highest BCUT2D eigenvalue weighted by molar-refractivity contribution is 5.79. The number of guanidine groups is 1. The zero-order valence-electron chi connectivity index (χ0n) is 16.2. The van der Waals surface area contributed by atoms with Crippen molar-refractivity contribution in [3.8, 4) is 0 Å². The summed E-state index contributed by atoms with van der Waals surface area (Å²) in [6.45, 7) is 11.4. The predicted octanol–water partition coefficient (Wildman–Crippen LogP) is 3.12. The van der Waals surface area contributed by atoms with Crippen molar-refractivity contribution in [3.63, 3.8) is 0 Å². The van der Waals surface area contributed by atoms with Gasteiger partial charge in [0.2, 0.25) is 0 Å². The highest BCUT2D eigenvalue weighted by atomic mass is 16.5. The van der Waals surface area contributed by atoms with Crippen LogP contribution in [0, 0.1) is 5.92 Å². The molecule has 142 valence electrons. The molecule has 25 heavy (non-hydrogen) atoms. The Morgan fingerprint density at radius 2 is 1.84 bits per heavy atom. The Morgan fingerprint density at radius 3 is 2.44 bits per heavy atom. The number of hydrogen-bond donors (Lipinski definition) is 3. The van der Waals surface area contributed by atoms with Crippen LogP contribution in [-0.4, -0.2) is 43.4 Å². The number of nitrogens with one attached hydrogen (secondary N) is 2. The van der Waals surface area contributed by atoms with Gasteiger partial charge >= 0.3 is 0 Å². The van der Waals surface area contributed by atoms with Crippen LogP contribution >= 0.6 is 0 Å². The Hall–Kier alpha value is -1.59. The van der Waals surface area contributed by atoms with Gasteiger partial charge in [0.1, 0.15) is 0 Å². The van der Waals surface area contributed by atoms with Crippen LogP contribution in [0.25, 0.3) is 0 Å². The van der Waals surface area contributed by atoms with Crippen LogP contribution in [0.5, 0.6) is 0 Å². The fourth-order valence-corrected chi connectivity index (χ4v) is 2.64. The molecule has 2 unspecified atom stereocenters. The van der Waals surface area contributed by atoms with E-state index in [-0.39, 0.29) is 6.10 Å². The number of rotatable bonds is 11. The third-order valence-corrected chi connectivity index (χ3v) is 4.05. The lowest BCUT2D eigenvalue weighted by atomic mass is 10.0. The van der Waals surface area contributed by atoms with Crippen molar-refractivity contribution < 1.29 is 9.84 Å². The van der Waals surface area contributed by atoms with Crippen LogP contribution in [0.2, 0.25) is 0 Å². The van der Waals surface area contributed by atoms with Gasteiger partial charge in [0.15, 0.2) is 5.96 Å². The van der Waals surface area contributed by atoms with Crippen molar-refractivity contribution in [2.45, 2.75) is 52.7 Å². The maximum Gasteiger partial charge on any atom is 0.191 e. The monoisotopic (exact) mass is 349 g/mol. The largest absolute Gasteiger partial charge is 0.388 e. The number of benzene rings is 1. The summed E-state index contributed by atoms with van der Waals surface area (Å²) in [5, 5.41) is 16.8. The molecule has 1 rings (SSSR count). The van der Waals surface area contributed by atoms with E-state index in [1.165, 1.54) is 0 Å². The fourth-order valence-electron chi connectivity index (χ4n) is 2.64. The molecule has 0 saturated heterocycles. The lowest BCUT2D eigenvalue weighted by Crippen LogP contribution is -2.39. The van der Waals surface area contributed by atoms with Gasteiger partial charge in [0.25, 0.3) is 0 Å². The number of aliphatic hydroxyl groups is 1. The molecule has 0 aliphatic rings. The normalized spacial score (nSPS) is 14.4. The third-order valence-electron chi connectivity index (χ3n) is 4.05. The van der Waals surface area contributed by atoms with Crippen LogP contribution in [0.15, 0.2) is 35.3 Å². The smallest absolute Gasteiger partial charge is 0.191 e. The van der Waals surface area contributed by atoms with E-state index < -0.39 is 6.10 Å². The zero-order chi connectivity index (χ0) is 18.5. The molecule has 0 radical (unpaired) electrons. The van der Waals surface area contributed by atoms with E-state index in [2.05, 4.69) is 29.5 Å². The lowest BCUT2D eigenvalue weighted by Gasteiger charge is -2.21. The average Bonchev–Trinajstić information content (AvgIpc) is 2.61. The molecule has 0 saturated carbocycles. The molecule has 2 atom stereocenters. The van der Waals surface area contributed by atoms with Crippen molar-refractivity contribution in [3.05, 3.63) is 35.9 Å². The Balaban J connectivity index is 2.42. The molecule has 0 bridgehead atoms. The molecule has 1 aromatic rings. The molecule has 5 nitrogen and oxygen atoms in total. The first-order chi connectivity index (χ1) is 12.1. The Bertz CT molecular complexity index is 477. The number of hydrogen-bond acceptors (Lipinski definition) is 3. The fraction of sp³-hybridized carbons (Fsp3) is 0.650. The van der Waals surface area contributed by atoms with Gasteiger partial charge < -0.3 is 20.5 Å². The Morgan fingerprint density at radius 1 is 1.12 bits per heavy atom. The number of aliphatic hydroxyl groups excluding tert-OH is 1. The SMILES string of the molecule is CCNC(=NCCC(O)c1ccccc1)NCCC(OCC)C(C)C. The van der Waals surface area contributed by atoms with Gasteiger partial charge in [0.05, 0.1) is 12.2 Å². The van der Waals surface area contributed by atoms with Crippen molar-refractivity contribution in [1.29, 1.82) is 0 Å². The quantitative estimate of drug-likeness (QED) is 0.424. The maximum atomic E-state index is 10.2. The Labute approximate surface area is 152 Å². The molecule has 0 aliphatic carbocycles. The minimum atomic E-state index is -0.476. The van der Waals surface area contributed by atoms with E-state index in [0.29, 0.717) is 18.9 Å². The van der Waals surface area contributed by atoms with E-state index in [1.54, 1.807) is 0 Å². The van der Waals surface area contributed by atoms with Gasteiger partial charge in [-0.05, 0) is 38.2 Å². The molecule has 1 aromatic carbocycles. The number of ether oxygens (including phenoxy) is 1. The van der Waals surface area contributed by atoms with E-state index >= 15 is 0 Å². The minimum absolute atomic E-state index is 0.264. The summed E-state index contributed by atoms with van der Waals surface area (Å²) in [6.07, 6.45) is 1.34. The van der Waals surface area contributed by atoms with Crippen molar-refractivity contribution in [1.82, 2.24) is 10.6 Å². The maximum absolute atomic E-state index is 10.2. The van der Waals surface area contributed by atoms with Gasteiger partial charge in [-0.2, -0.15) is 0 Å². The first-order valence-electron chi connectivity index (χ1n) is 9.45. The molecule has 3 N–H and O–H groups in total. The minimum Gasteiger partial charge on any atom is -0.388 e. The summed E-state index contributed by atoms with van der Waals surface area (Å²) < 4.78 is 5.77. The molecular formula is C20H35N3O2. The second-order valence-corrected chi connectivity index (χ2v) is 6.43. The van der Waals surface area contributed by atoms with Crippen LogP contribution < -0.4 is 10.6 Å². The van der Waals surface area contributed by atoms with Crippen LogP contribution in [0.4, 0.5) is 0 Å². The van der Waals surface area contributed by atoms with E-state index in [0.717, 1.165) is 37.6 Å². The van der Waals surface area contributed by atoms with Crippen molar-refractivity contribution in [2.24, 2.45) is 10.9 Å². The summed E-state index contributed by atoms with van der Waals surface area (Å²) >= 11 is 0. The van der Waals surface area contributed by atoms with Gasteiger partial charge in [-0.1, -0.05) is 44.2 Å². The highest BCUT2D eigenvalue weighted by Gasteiger charge is 2.13. The average molecular weight is 350 g/mol. The van der Waals surface area contributed by atoms with E-state index in [4.69, 9.17) is 4.74 Å². The summed E-state index contributed by atoms with van der Waals surface area (Å²) in [5.41, 5.74) is 0.937. The molecule has 0 heterocycles. The Kier molecular flexibility index (Phi) is 10.9. The van der Waals surface area contributed by atoms with Gasteiger partial charge in [-0.25, -0.2) is 0 Å². The van der Waals surface area contributed by atoms with Crippen LogP contribution in [-0.2, 0) is 4.74 Å². The van der Waals surface area contributed by atoms with E-state index in [9.17, 15) is 5.11 Å². The third kappa shape index (κ3) is 8.89. The second kappa shape index (κ2) is 12.7. The first-order valence-corrected chi connectivity index (χ1v) is 9.45. The molecule has 0 amide bonds. The topological polar surface area (TPSA) is 65.9 Å². The van der Waals surface area contributed by atoms with Gasteiger partial charge in [-0.15, -0.1) is 0 Å². The molecular weight excluding hydrogens is 314 g/mol. The highest BCUT2D eigenvalue weighted by Crippen LogP contribution is 2.15. The first kappa shape index (κ1) is 21.5. The van der Waals surface area contributed by atoms with Crippen LogP contribution in [0.3, 0.4) is 0 Å². The van der Waals surface area contributed by atoms with Crippen LogP contribution in [0.1, 0.15) is 52.2 Å². The summed E-state index contributed by atoms with van der Waals surface area (Å²) in [5.74, 6) is 1.30. The lowest BCUT2D eigenvalue weighted by molar-refractivity contribution is 0.0258. The molecule has 0 aliphatic heterocycles. The number of aliphatic imine (C=N–C) groups is 1. The molecule has 0 aromatic heterocycles. The molecule has 5 heteroatoms. The summed E-state index contributed by atoms with van der Waals surface area (Å²) in [7, 11) is 0. The van der Waals surface area contributed by atoms with Crippen molar-refractivity contribution >= 4 is 5.96 Å². The van der Waals surface area contributed by atoms with Gasteiger partial charge in [0, 0.05) is 26.2 Å². The number of nitrogens with zero attached hydrogens (tertiary/aromatic N) is 1. The molecule has 0 fully saturated rings. The zero-order valence-corrected chi connectivity index (χ0v) is 16.2. The predicted molar refractivity (Wildman–Crippen MR) is 105 cm³/mol. The summed E-state index contributed by atoms with van der Waals surface area (Å²) in [6, 6.07) is 9.72. The standard InChI is InChI=1S/C20H35N3O2/c1-5-21-20(23-15-13-19(16(3)4)25-6-2)22-14-12-18(24)17-10-8-7-9-11-17/h7-11,16,18-19,24H,5-6,12-15H2,1-4H3,(H2,21,22,23). The summed E-state index contributed by atoms with van der Waals surface area (Å²) in [4.78, 5) is 4.56. The second-order valence-electron chi connectivity index (χ2n) is 6.43. The van der Waals surface area contributed by atoms with Crippen molar-refractivity contribution in [2.75, 3.05) is 26.2 Å². The van der Waals surface area contributed by atoms with E-state index in [1.807, 2.05) is 44.2 Å².